The van der Waals surface area contributed by atoms with Crippen molar-refractivity contribution in [2.45, 2.75) is 24.2 Å². The van der Waals surface area contributed by atoms with Crippen molar-refractivity contribution in [1.82, 2.24) is 0 Å². The Morgan fingerprint density at radius 1 is 1.24 bits per heavy atom. The van der Waals surface area contributed by atoms with Crippen LogP contribution in [0, 0.1) is 5.92 Å². The number of amides is 1. The predicted molar refractivity (Wildman–Crippen MR) is 65.5 cm³/mol. The van der Waals surface area contributed by atoms with E-state index in [-0.39, 0.29) is 16.7 Å². The zero-order chi connectivity index (χ0) is 12.5. The molecule has 92 valence electrons. The molecule has 4 nitrogen and oxygen atoms in total. The van der Waals surface area contributed by atoms with E-state index in [1.807, 2.05) is 0 Å². The summed E-state index contributed by atoms with van der Waals surface area (Å²) >= 11 is 0. The molecule has 0 bridgehead atoms. The van der Waals surface area contributed by atoms with Gasteiger partial charge in [0.2, 0.25) is 5.91 Å². The number of rotatable bonds is 3. The minimum Gasteiger partial charge on any atom is -0.326 e. The monoisotopic (exact) mass is 253 g/mol. The topological polar surface area (TPSA) is 63.2 Å². The van der Waals surface area contributed by atoms with E-state index in [1.54, 1.807) is 12.1 Å². The molecule has 1 N–H and O–H groups in total. The molecule has 1 saturated carbocycles. The first-order valence-electron chi connectivity index (χ1n) is 5.58. The highest BCUT2D eigenvalue weighted by atomic mass is 32.2. The largest absolute Gasteiger partial charge is 0.326 e. The second-order valence-corrected chi connectivity index (χ2v) is 6.43. The van der Waals surface area contributed by atoms with Crippen molar-refractivity contribution in [3.63, 3.8) is 0 Å². The molecule has 0 aliphatic heterocycles. The molecule has 1 amide bonds. The second kappa shape index (κ2) is 4.49. The van der Waals surface area contributed by atoms with Crippen LogP contribution in [0.4, 0.5) is 5.69 Å². The Morgan fingerprint density at radius 2 is 1.82 bits per heavy atom. The van der Waals surface area contributed by atoms with Crippen LogP contribution in [0.5, 0.6) is 0 Å². The molecule has 0 radical (unpaired) electrons. The van der Waals surface area contributed by atoms with Gasteiger partial charge < -0.3 is 5.32 Å². The molecule has 0 unspecified atom stereocenters. The average Bonchev–Trinajstić information content (AvgIpc) is 2.13. The van der Waals surface area contributed by atoms with Gasteiger partial charge in [0.15, 0.2) is 9.84 Å². The quantitative estimate of drug-likeness (QED) is 0.893. The maximum Gasteiger partial charge on any atom is 0.227 e. The Bertz CT molecular complexity index is 515. The molecule has 0 spiro atoms. The molecule has 1 aliphatic carbocycles. The van der Waals surface area contributed by atoms with Gasteiger partial charge in [0, 0.05) is 17.9 Å². The van der Waals surface area contributed by atoms with Gasteiger partial charge in [-0.2, -0.15) is 0 Å². The third-order valence-corrected chi connectivity index (χ3v) is 4.15. The van der Waals surface area contributed by atoms with Gasteiger partial charge in [0.1, 0.15) is 0 Å². The zero-order valence-corrected chi connectivity index (χ0v) is 10.5. The maximum atomic E-state index is 11.6. The number of anilines is 1. The van der Waals surface area contributed by atoms with Crippen LogP contribution >= 0.6 is 0 Å². The fraction of sp³-hybridized carbons (Fsp3) is 0.417. The van der Waals surface area contributed by atoms with E-state index in [1.165, 1.54) is 12.1 Å². The minimum absolute atomic E-state index is 0.0309. The Labute approximate surface area is 101 Å². The van der Waals surface area contributed by atoms with Crippen LogP contribution in [0.25, 0.3) is 0 Å². The van der Waals surface area contributed by atoms with Crippen LogP contribution in [-0.4, -0.2) is 20.6 Å². The van der Waals surface area contributed by atoms with Gasteiger partial charge in [-0.05, 0) is 37.1 Å². The van der Waals surface area contributed by atoms with Crippen LogP contribution in [0.1, 0.15) is 19.3 Å². The standard InChI is InChI=1S/C12H15NO3S/c1-17(15,16)11-7-5-10(6-8-11)13-12(14)9-3-2-4-9/h5-9H,2-4H2,1H3,(H,13,14). The van der Waals surface area contributed by atoms with E-state index >= 15 is 0 Å². The summed E-state index contributed by atoms with van der Waals surface area (Å²) in [5.41, 5.74) is 0.648. The number of hydrogen-bond donors (Lipinski definition) is 1. The van der Waals surface area contributed by atoms with Crippen LogP contribution in [0.2, 0.25) is 0 Å². The van der Waals surface area contributed by atoms with Gasteiger partial charge in [0.05, 0.1) is 4.90 Å². The number of benzene rings is 1. The van der Waals surface area contributed by atoms with Crippen LogP contribution < -0.4 is 5.32 Å². The van der Waals surface area contributed by atoms with Crippen molar-refractivity contribution in [1.29, 1.82) is 0 Å². The molecule has 17 heavy (non-hydrogen) atoms. The van der Waals surface area contributed by atoms with Gasteiger partial charge in [-0.1, -0.05) is 6.42 Å². The fourth-order valence-electron chi connectivity index (χ4n) is 1.70. The van der Waals surface area contributed by atoms with Gasteiger partial charge in [-0.15, -0.1) is 0 Å². The highest BCUT2D eigenvalue weighted by Gasteiger charge is 2.25. The molecule has 1 fully saturated rings. The highest BCUT2D eigenvalue weighted by molar-refractivity contribution is 7.90. The molecule has 1 aliphatic rings. The summed E-state index contributed by atoms with van der Waals surface area (Å²) in [7, 11) is -3.17. The molecule has 2 rings (SSSR count). The Morgan fingerprint density at radius 3 is 2.24 bits per heavy atom. The van der Waals surface area contributed by atoms with E-state index in [0.717, 1.165) is 25.5 Å². The van der Waals surface area contributed by atoms with Crippen LogP contribution in [0.15, 0.2) is 29.2 Å². The number of hydrogen-bond acceptors (Lipinski definition) is 3. The third kappa shape index (κ3) is 2.85. The van der Waals surface area contributed by atoms with Gasteiger partial charge in [-0.3, -0.25) is 4.79 Å². The number of carbonyl (C=O) groups is 1. The summed E-state index contributed by atoms with van der Waals surface area (Å²) in [5.74, 6) is 0.160. The highest BCUT2D eigenvalue weighted by Crippen LogP contribution is 2.27. The second-order valence-electron chi connectivity index (χ2n) is 4.41. The van der Waals surface area contributed by atoms with Crippen LogP contribution in [-0.2, 0) is 14.6 Å². The van der Waals surface area contributed by atoms with Crippen molar-refractivity contribution in [2.75, 3.05) is 11.6 Å². The van der Waals surface area contributed by atoms with E-state index in [2.05, 4.69) is 5.32 Å². The first-order chi connectivity index (χ1) is 7.97. The molecule has 5 heteroatoms. The lowest BCUT2D eigenvalue weighted by atomic mass is 9.85. The average molecular weight is 253 g/mol. The van der Waals surface area contributed by atoms with E-state index in [0.29, 0.717) is 5.69 Å². The smallest absolute Gasteiger partial charge is 0.227 e. The lowest BCUT2D eigenvalue weighted by molar-refractivity contribution is -0.122. The molecule has 1 aromatic carbocycles. The van der Waals surface area contributed by atoms with Crippen molar-refractivity contribution in [2.24, 2.45) is 5.92 Å². The van der Waals surface area contributed by atoms with Crippen LogP contribution in [0.3, 0.4) is 0 Å². The summed E-state index contributed by atoms with van der Waals surface area (Å²) in [6.07, 6.45) is 4.18. The summed E-state index contributed by atoms with van der Waals surface area (Å²) in [6, 6.07) is 6.25. The first-order valence-corrected chi connectivity index (χ1v) is 7.47. The maximum absolute atomic E-state index is 11.6. The fourth-order valence-corrected chi connectivity index (χ4v) is 2.33. The summed E-state index contributed by atoms with van der Waals surface area (Å²) in [4.78, 5) is 11.9. The lowest BCUT2D eigenvalue weighted by Crippen LogP contribution is -2.27. The van der Waals surface area contributed by atoms with Gasteiger partial charge in [0.25, 0.3) is 0 Å². The number of nitrogens with one attached hydrogen (secondary N) is 1. The molecular formula is C12H15NO3S. The number of carbonyl (C=O) groups excluding carboxylic acids is 1. The Balaban J connectivity index is 2.05. The number of sulfone groups is 1. The summed E-state index contributed by atoms with van der Waals surface area (Å²) < 4.78 is 22.5. The SMILES string of the molecule is CS(=O)(=O)c1ccc(NC(=O)C2CCC2)cc1. The molecule has 0 atom stereocenters. The zero-order valence-electron chi connectivity index (χ0n) is 9.64. The third-order valence-electron chi connectivity index (χ3n) is 3.03. The van der Waals surface area contributed by atoms with E-state index < -0.39 is 9.84 Å². The van der Waals surface area contributed by atoms with Crippen molar-refractivity contribution in [3.05, 3.63) is 24.3 Å². The Hall–Kier alpha value is -1.36. The van der Waals surface area contributed by atoms with Crippen molar-refractivity contribution >= 4 is 21.4 Å². The van der Waals surface area contributed by atoms with E-state index in [9.17, 15) is 13.2 Å². The molecule has 1 aromatic rings. The van der Waals surface area contributed by atoms with Crippen molar-refractivity contribution in [3.8, 4) is 0 Å². The van der Waals surface area contributed by atoms with Gasteiger partial charge >= 0.3 is 0 Å². The first kappa shape index (κ1) is 12.1. The van der Waals surface area contributed by atoms with Crippen molar-refractivity contribution < 1.29 is 13.2 Å². The summed E-state index contributed by atoms with van der Waals surface area (Å²) in [5, 5.41) is 2.79. The Kier molecular flexibility index (Phi) is 3.19. The van der Waals surface area contributed by atoms with Gasteiger partial charge in [-0.25, -0.2) is 8.42 Å². The molecule has 0 heterocycles. The minimum atomic E-state index is -3.17. The van der Waals surface area contributed by atoms with E-state index in [4.69, 9.17) is 0 Å². The molecule has 0 aromatic heterocycles. The molecule has 0 saturated heterocycles. The summed E-state index contributed by atoms with van der Waals surface area (Å²) in [6.45, 7) is 0. The predicted octanol–water partition coefficient (Wildman–Crippen LogP) is 1.83. The molecular weight excluding hydrogens is 238 g/mol. The lowest BCUT2D eigenvalue weighted by Gasteiger charge is -2.24. The normalized spacial score (nSPS) is 16.3.